The summed E-state index contributed by atoms with van der Waals surface area (Å²) < 4.78 is 0.505. The van der Waals surface area contributed by atoms with E-state index < -0.39 is 31.9 Å². The molecule has 0 aromatic heterocycles. The second-order valence-electron chi connectivity index (χ2n) is 12.4. The van der Waals surface area contributed by atoms with Crippen molar-refractivity contribution in [3.05, 3.63) is 246 Å². The van der Waals surface area contributed by atoms with Gasteiger partial charge in [-0.3, -0.25) is 0 Å². The average molecular weight is 1050 g/mol. The molecule has 0 atom stereocenters. The number of hydrogen-bond donors (Lipinski definition) is 0. The molecule has 0 saturated carbocycles. The molecule has 0 N–H and O–H groups in total. The van der Waals surface area contributed by atoms with Crippen molar-refractivity contribution in [2.24, 2.45) is 0 Å². The van der Waals surface area contributed by atoms with Gasteiger partial charge in [0.1, 0.15) is 0 Å². The van der Waals surface area contributed by atoms with E-state index in [1.165, 1.54) is 18.2 Å². The summed E-state index contributed by atoms with van der Waals surface area (Å²) in [4.78, 5) is 44.9. The minimum absolute atomic E-state index is 0. The van der Waals surface area contributed by atoms with Crippen LogP contribution in [0.15, 0.2) is 212 Å². The second-order valence-corrected chi connectivity index (χ2v) is 19.0. The van der Waals surface area contributed by atoms with Gasteiger partial charge in [0, 0.05) is 40.8 Å². The third kappa shape index (κ3) is 12.8. The zero-order chi connectivity index (χ0) is 39.0. The molecule has 0 fully saturated rings. The van der Waals surface area contributed by atoms with E-state index in [4.69, 9.17) is 9.53 Å². The summed E-state index contributed by atoms with van der Waals surface area (Å²) in [6.07, 6.45) is 14.8. The molecule has 6 aromatic carbocycles. The number of ketones is 3. The molecule has 0 radical (unpaired) electrons. The van der Waals surface area contributed by atoms with Crippen molar-refractivity contribution in [1.29, 1.82) is 0 Å². The Hall–Kier alpha value is -4.95. The van der Waals surface area contributed by atoms with Crippen LogP contribution in [-0.2, 0) is 69.7 Å². The van der Waals surface area contributed by atoms with Gasteiger partial charge in [0.2, 0.25) is 0 Å². The largest absolute Gasteiger partial charge is 0 e. The summed E-state index contributed by atoms with van der Waals surface area (Å²) in [5.74, 6) is -1.24. The molecule has 0 aliphatic heterocycles. The summed E-state index contributed by atoms with van der Waals surface area (Å²) in [7, 11) is 8.30. The molecule has 0 amide bonds. The Bertz CT molecular complexity index is 2170. The molecule has 0 saturated heterocycles. The normalized spacial score (nSPS) is 13.6. The van der Waals surface area contributed by atoms with Gasteiger partial charge in [0.25, 0.3) is 0 Å². The predicted octanol–water partition coefficient (Wildman–Crippen LogP) is 12.3. The topological polar surface area (TPSA) is 51.2 Å². The zero-order valence-electron chi connectivity index (χ0n) is 31.1. The predicted molar refractivity (Wildman–Crippen MR) is 231 cm³/mol. The third-order valence-electron chi connectivity index (χ3n) is 8.30. The number of hydrogen-bond acceptors (Lipinski definition) is 3. The van der Waals surface area contributed by atoms with Crippen molar-refractivity contribution in [3.63, 3.8) is 0 Å². The fourth-order valence-electron chi connectivity index (χ4n) is 5.49. The van der Waals surface area contributed by atoms with Gasteiger partial charge in [-0.25, -0.2) is 0 Å². The van der Waals surface area contributed by atoms with Gasteiger partial charge in [0.05, 0.1) is 0 Å². The van der Waals surface area contributed by atoms with Crippen LogP contribution < -0.4 is 0 Å². The first-order valence-electron chi connectivity index (χ1n) is 17.9. The van der Waals surface area contributed by atoms with Gasteiger partial charge in [-0.2, -0.15) is 0 Å². The van der Waals surface area contributed by atoms with Gasteiger partial charge in [0.15, 0.2) is 0 Å². The third-order valence-corrected chi connectivity index (χ3v) is 15.9. The van der Waals surface area contributed by atoms with Crippen molar-refractivity contribution in [2.45, 2.75) is 0 Å². The van der Waals surface area contributed by atoms with Crippen molar-refractivity contribution >= 4 is 63.3 Å². The van der Waals surface area contributed by atoms with Crippen LogP contribution in [0.25, 0.3) is 36.5 Å². The van der Waals surface area contributed by atoms with Crippen molar-refractivity contribution in [3.8, 4) is 0 Å². The fraction of sp³-hybridized carbons (Fsp3) is 0. The number of rotatable bonds is 15. The first kappa shape index (κ1) is 45.7. The summed E-state index contributed by atoms with van der Waals surface area (Å²) >= 11 is -4.62. The summed E-state index contributed by atoms with van der Waals surface area (Å²) in [6, 6.07) is 56.6. The first-order chi connectivity index (χ1) is 27.4. The summed E-state index contributed by atoms with van der Waals surface area (Å²) in [5.41, 5.74) is 4.53. The van der Waals surface area contributed by atoms with Crippen molar-refractivity contribution in [2.75, 3.05) is 0 Å². The average Bonchev–Trinajstić information content (AvgIpc) is 3.26. The molecule has 58 heavy (non-hydrogen) atoms. The van der Waals surface area contributed by atoms with Gasteiger partial charge in [-0.05, 0) is 0 Å². The van der Waals surface area contributed by atoms with Crippen LogP contribution in [-0.4, -0.2) is 17.3 Å². The van der Waals surface area contributed by atoms with Crippen LogP contribution in [0.5, 0.6) is 0 Å². The van der Waals surface area contributed by atoms with Crippen LogP contribution in [0.2, 0.25) is 0 Å². The molecule has 0 aliphatic carbocycles. The molecule has 0 bridgehead atoms. The maximum atomic E-state index is 15.0. The number of allylic oxidation sites excluding steroid dienone is 6. The number of halogens is 1. The monoisotopic (exact) mass is 1050 g/mol. The zero-order valence-corrected chi connectivity index (χ0v) is 36.5. The molecule has 0 spiro atoms. The van der Waals surface area contributed by atoms with Gasteiger partial charge in [-0.1, -0.05) is 0 Å². The molecule has 6 rings (SSSR count). The maximum Gasteiger partial charge on any atom is 0 e. The van der Waals surface area contributed by atoms with Crippen LogP contribution in [0.3, 0.4) is 0 Å². The molecule has 6 aromatic rings. The Kier molecular flexibility index (Phi) is 18.5. The van der Waals surface area contributed by atoms with E-state index >= 15 is 0 Å². The molecular formula is C51H39ClO3Pd3. The van der Waals surface area contributed by atoms with Crippen molar-refractivity contribution in [1.82, 2.24) is 0 Å². The van der Waals surface area contributed by atoms with E-state index in [2.05, 4.69) is 0 Å². The Morgan fingerprint density at radius 3 is 0.724 bits per heavy atom. The van der Waals surface area contributed by atoms with Crippen LogP contribution in [0.4, 0.5) is 0 Å². The maximum absolute atomic E-state index is 15.0. The summed E-state index contributed by atoms with van der Waals surface area (Å²) in [6.45, 7) is 0. The minimum atomic E-state index is -4.62. The number of carbonyl (C=O) groups is 3. The van der Waals surface area contributed by atoms with Crippen LogP contribution >= 0.6 is 9.53 Å². The van der Waals surface area contributed by atoms with E-state index in [9.17, 15) is 14.4 Å². The number of carbonyl (C=O) groups excluding carboxylic acids is 3. The minimum Gasteiger partial charge on any atom is 0 e. The molecule has 0 unspecified atom stereocenters. The molecule has 298 valence electrons. The Balaban J connectivity index is 0.00000372. The Morgan fingerprint density at radius 1 is 0.328 bits per heavy atom. The van der Waals surface area contributed by atoms with E-state index in [1.54, 1.807) is 36.5 Å². The van der Waals surface area contributed by atoms with Crippen LogP contribution in [0.1, 0.15) is 33.4 Å². The molecule has 0 aliphatic rings. The van der Waals surface area contributed by atoms with E-state index in [1.807, 2.05) is 182 Å². The van der Waals surface area contributed by atoms with Gasteiger partial charge in [-0.15, -0.1) is 0 Å². The van der Waals surface area contributed by atoms with Gasteiger partial charge >= 0.3 is 338 Å². The van der Waals surface area contributed by atoms with E-state index in [0.717, 1.165) is 16.7 Å². The summed E-state index contributed by atoms with van der Waals surface area (Å²) in [5, 5.41) is 0. The van der Waals surface area contributed by atoms with Gasteiger partial charge < -0.3 is 0 Å². The standard InChI is InChI=1S/3C17H13O.ClH.3Pd/c3*18-17(13-11-15-7-3-1-4-8-15)14-12-16-9-5-2-6-10-16;;;;/h3*1-13H;1H;;;/q;;;;;;+1/p-1. The molecule has 0 heterocycles. The Morgan fingerprint density at radius 2 is 0.517 bits per heavy atom. The van der Waals surface area contributed by atoms with Crippen LogP contribution in [0, 0.1) is 0 Å². The second kappa shape index (κ2) is 23.5. The fourth-order valence-corrected chi connectivity index (χ4v) is 12.2. The van der Waals surface area contributed by atoms with Crippen molar-refractivity contribution < 1.29 is 69.7 Å². The molecule has 3 nitrogen and oxygen atoms in total. The van der Waals surface area contributed by atoms with E-state index in [0.29, 0.717) is 16.7 Å². The smallest absolute Gasteiger partial charge is 0 e. The first-order valence-corrected chi connectivity index (χ1v) is 22.2. The molecular weight excluding hydrogens is 1020 g/mol. The quantitative estimate of drug-likeness (QED) is 0.0761. The molecule has 7 heteroatoms. The SMILES string of the molecule is O=C(C=Cc1ccccc1)[C](=Cc1ccccc1)[Pd]([Cl])([C](=Cc1ccccc1)C(=O)C=Cc1ccccc1)[C](=Cc1ccccc1)C(=O)C=Cc1ccccc1.[Pd].[Pd]. The van der Waals surface area contributed by atoms with E-state index in [-0.39, 0.29) is 53.0 Å². The number of benzene rings is 6. The Labute approximate surface area is 375 Å².